The van der Waals surface area contributed by atoms with E-state index in [4.69, 9.17) is 44.1 Å². The molecule has 6 atom stereocenters. The number of nitrogen functional groups attached to an aromatic ring is 1. The Balaban J connectivity index is 1.21. The number of aryl methyl sites for hydroxylation is 1. The van der Waals surface area contributed by atoms with Crippen LogP contribution in [-0.2, 0) is 21.0 Å². The zero-order chi connectivity index (χ0) is 43.3. The first-order valence-electron chi connectivity index (χ1n) is 21.1. The topological polar surface area (TPSA) is 162 Å². The molecule has 13 nitrogen and oxygen atoms in total. The van der Waals surface area contributed by atoms with Crippen LogP contribution in [0.5, 0.6) is 6.01 Å². The zero-order valence-corrected chi connectivity index (χ0v) is 38.1. The van der Waals surface area contributed by atoms with Gasteiger partial charge in [0, 0.05) is 23.0 Å². The van der Waals surface area contributed by atoms with Crippen LogP contribution in [0.1, 0.15) is 89.6 Å². The molecule has 0 spiro atoms. The normalized spacial score (nSPS) is 25.4. The van der Waals surface area contributed by atoms with Gasteiger partial charge in [-0.05, 0) is 75.8 Å². The molecule has 8 rings (SSSR count). The third-order valence-corrected chi connectivity index (χ3v) is 19.0. The summed E-state index contributed by atoms with van der Waals surface area (Å²) in [6.07, 6.45) is 1.34. The number of benzene rings is 2. The first-order chi connectivity index (χ1) is 29.0. The van der Waals surface area contributed by atoms with Crippen molar-refractivity contribution in [2.75, 3.05) is 44.0 Å². The minimum Gasteiger partial charge on any atom is -0.459 e. The van der Waals surface area contributed by atoms with E-state index in [2.05, 4.69) is 99.3 Å². The van der Waals surface area contributed by atoms with E-state index in [0.717, 1.165) is 33.7 Å². The number of nitrogens with two attached hydrogens (primary N) is 1. The molecule has 0 radical (unpaired) electrons. The van der Waals surface area contributed by atoms with E-state index in [0.29, 0.717) is 61.5 Å². The Morgan fingerprint density at radius 3 is 2.34 bits per heavy atom. The van der Waals surface area contributed by atoms with Crippen molar-refractivity contribution in [3.8, 4) is 23.7 Å². The average Bonchev–Trinajstić information content (AvgIpc) is 3.93. The van der Waals surface area contributed by atoms with E-state index in [1.807, 2.05) is 37.9 Å². The summed E-state index contributed by atoms with van der Waals surface area (Å²) in [4.78, 5) is 24.8. The van der Waals surface area contributed by atoms with Gasteiger partial charge in [-0.1, -0.05) is 86.6 Å². The lowest BCUT2D eigenvalue weighted by molar-refractivity contribution is -0.00222. The van der Waals surface area contributed by atoms with Crippen molar-refractivity contribution in [3.05, 3.63) is 82.6 Å². The van der Waals surface area contributed by atoms with Gasteiger partial charge in [0.05, 0.1) is 42.4 Å². The Labute approximate surface area is 362 Å². The van der Waals surface area contributed by atoms with Crippen LogP contribution in [0, 0.1) is 11.3 Å². The quantitative estimate of drug-likeness (QED) is 0.153. The Kier molecular flexibility index (Phi) is 11.6. The number of hydrogen-bond donors (Lipinski definition) is 1. The summed E-state index contributed by atoms with van der Waals surface area (Å²) in [5.74, 6) is 0.987. The molecule has 1 aliphatic carbocycles. The van der Waals surface area contributed by atoms with Crippen molar-refractivity contribution in [1.82, 2.24) is 30.0 Å². The first-order valence-corrected chi connectivity index (χ1v) is 23.9. The van der Waals surface area contributed by atoms with E-state index in [1.54, 1.807) is 0 Å². The van der Waals surface area contributed by atoms with Gasteiger partial charge in [0.25, 0.3) is 8.32 Å². The molecule has 16 heteroatoms. The lowest BCUT2D eigenvalue weighted by Crippen LogP contribution is -2.70. The van der Waals surface area contributed by atoms with E-state index in [1.165, 1.54) is 11.3 Å². The van der Waals surface area contributed by atoms with Crippen molar-refractivity contribution in [3.63, 3.8) is 0 Å². The molecule has 2 N–H and O–H groups in total. The Morgan fingerprint density at radius 2 is 1.72 bits per heavy atom. The largest absolute Gasteiger partial charge is 0.459 e. The number of nitrogens with zero attached hydrogens (tertiary/aromatic N) is 8. The maximum Gasteiger partial charge on any atom is 0.322 e. The number of ether oxygens (including phenoxy) is 2. The van der Waals surface area contributed by atoms with Crippen LogP contribution in [0.4, 0.5) is 15.3 Å². The minimum absolute atomic E-state index is 0.0602. The number of hydrogen-bond acceptors (Lipinski definition) is 14. The molecule has 2 aliphatic heterocycles. The van der Waals surface area contributed by atoms with Crippen molar-refractivity contribution in [2.45, 2.75) is 115 Å². The Hall–Kier alpha value is -4.79. The van der Waals surface area contributed by atoms with Gasteiger partial charge in [0.15, 0.2) is 0 Å². The maximum absolute atomic E-state index is 14.6. The van der Waals surface area contributed by atoms with Gasteiger partial charge >= 0.3 is 6.01 Å². The smallest absolute Gasteiger partial charge is 0.322 e. The summed E-state index contributed by atoms with van der Waals surface area (Å²) in [7, 11) is -1.14. The van der Waals surface area contributed by atoms with Crippen molar-refractivity contribution < 1.29 is 22.8 Å². The highest BCUT2D eigenvalue weighted by Gasteiger charge is 2.55. The van der Waals surface area contributed by atoms with E-state index in [9.17, 15) is 9.65 Å². The number of anilines is 2. The molecule has 2 aromatic carbocycles. The van der Waals surface area contributed by atoms with Gasteiger partial charge in [0.1, 0.15) is 23.3 Å². The van der Waals surface area contributed by atoms with Gasteiger partial charge in [-0.25, -0.2) is 4.39 Å². The lowest BCUT2D eigenvalue weighted by Gasteiger charge is -2.49. The number of fused-ring (bicyclic) bond motifs is 1. The van der Waals surface area contributed by atoms with Crippen LogP contribution >= 0.6 is 11.3 Å². The molecule has 2 saturated heterocycles. The first kappa shape index (κ1) is 42.9. The van der Waals surface area contributed by atoms with Gasteiger partial charge in [0.2, 0.25) is 23.5 Å². The van der Waals surface area contributed by atoms with E-state index < -0.39 is 31.6 Å². The van der Waals surface area contributed by atoms with Crippen LogP contribution in [0.2, 0.25) is 5.04 Å². The van der Waals surface area contributed by atoms with Crippen molar-refractivity contribution in [1.29, 1.82) is 5.26 Å². The predicted molar refractivity (Wildman–Crippen MR) is 237 cm³/mol. The molecule has 3 aliphatic rings. The third kappa shape index (κ3) is 7.95. The van der Waals surface area contributed by atoms with Crippen molar-refractivity contribution >= 4 is 41.0 Å². The van der Waals surface area contributed by atoms with E-state index in [-0.39, 0.29) is 34.8 Å². The summed E-state index contributed by atoms with van der Waals surface area (Å²) in [6, 6.07) is 23.1. The monoisotopic (exact) mass is 865 g/mol. The molecular formula is C45H56FN9O4SSi. The summed E-state index contributed by atoms with van der Waals surface area (Å²) < 4.78 is 41.4. The Bertz CT molecular complexity index is 2350. The SMILES string of the molecule is C[C@H](Oc1nc(-c2noc([C@@]3(C)CCCc4sc(N)c(C#N)c43)n2)nc(N2C[C@](C)(O[Si](c3ccccc3)(c3ccccc3)C(C)(C)C)COC[C@H]2C)n1)[C@@H]1C[C@@H](F)CN1C. The summed E-state index contributed by atoms with van der Waals surface area (Å²) in [5.41, 5.74) is 6.06. The molecule has 5 aromatic rings. The number of likely N-dealkylation sites (N-methyl/N-ethyl adjacent to an activating group) is 1. The average molecular weight is 866 g/mol. The molecule has 2 fully saturated rings. The van der Waals surface area contributed by atoms with Crippen LogP contribution in [0.3, 0.4) is 0 Å². The molecule has 0 saturated carbocycles. The fourth-order valence-electron chi connectivity index (χ4n) is 9.68. The molecule has 0 unspecified atom stereocenters. The highest BCUT2D eigenvalue weighted by molar-refractivity contribution is 7.16. The van der Waals surface area contributed by atoms with Gasteiger partial charge in [-0.2, -0.15) is 25.2 Å². The molecule has 5 heterocycles. The second kappa shape index (κ2) is 16.5. The van der Waals surface area contributed by atoms with E-state index >= 15 is 0 Å². The summed E-state index contributed by atoms with van der Waals surface area (Å²) in [6.45, 7) is 16.3. The maximum atomic E-state index is 14.6. The third-order valence-electron chi connectivity index (χ3n) is 12.7. The number of nitriles is 1. The second-order valence-corrected chi connectivity index (χ2v) is 23.8. The predicted octanol–water partition coefficient (Wildman–Crippen LogP) is 6.45. The number of thiophene rings is 1. The highest BCUT2D eigenvalue weighted by atomic mass is 32.1. The lowest BCUT2D eigenvalue weighted by atomic mass is 9.72. The molecule has 322 valence electrons. The van der Waals surface area contributed by atoms with Gasteiger partial charge in [-0.15, -0.1) is 11.3 Å². The summed E-state index contributed by atoms with van der Waals surface area (Å²) in [5, 5.41) is 17.1. The molecule has 0 amide bonds. The fourth-order valence-corrected chi connectivity index (χ4v) is 15.7. The standard InChI is InChI=1S/C45H56FN9O4SSi/c1-28-25-56-27-44(6,59-61(43(3,4)5,31-16-11-9-12-17-31)32-18-13-10-14-19-32)26-55(28)41-50-38(51-42(52-41)57-29(2)34-22-30(46)24-54(34)8)39-49-40(58-53-39)45(7)21-15-20-35-36(45)33(23-47)37(48)60-35/h9-14,16-19,28-30,34H,15,20-22,24-27,48H2,1-8H3/t28-,29+,30-,34+,44+,45+/m1/s1. The molecule has 0 bridgehead atoms. The van der Waals surface area contributed by atoms with Crippen LogP contribution < -0.4 is 25.7 Å². The minimum atomic E-state index is -3.04. The Morgan fingerprint density at radius 1 is 1.03 bits per heavy atom. The number of halogens is 1. The van der Waals surface area contributed by atoms with Gasteiger partial charge < -0.3 is 29.1 Å². The highest BCUT2D eigenvalue weighted by Crippen LogP contribution is 2.49. The molecule has 61 heavy (non-hydrogen) atoms. The van der Waals surface area contributed by atoms with Gasteiger partial charge in [-0.3, -0.25) is 4.90 Å². The fraction of sp³-hybridized carbons (Fsp3) is 0.511. The van der Waals surface area contributed by atoms with Crippen LogP contribution in [-0.4, -0.2) is 102 Å². The number of rotatable bonds is 10. The number of likely N-dealkylation sites (tertiary alicyclic amines) is 1. The summed E-state index contributed by atoms with van der Waals surface area (Å²) >= 11 is 1.45. The number of aromatic nitrogens is 5. The molecule has 3 aromatic heterocycles. The zero-order valence-electron chi connectivity index (χ0n) is 36.3. The van der Waals surface area contributed by atoms with Crippen LogP contribution in [0.25, 0.3) is 11.6 Å². The van der Waals surface area contributed by atoms with Crippen LogP contribution in [0.15, 0.2) is 65.2 Å². The molecular weight excluding hydrogens is 810 g/mol. The second-order valence-electron chi connectivity index (χ2n) is 18.5. The number of alkyl halides is 1. The van der Waals surface area contributed by atoms with Crippen molar-refractivity contribution in [2.24, 2.45) is 0 Å².